The minimum atomic E-state index is -0.336. The van der Waals surface area contributed by atoms with Crippen LogP contribution in [0.2, 0.25) is 5.15 Å². The van der Waals surface area contributed by atoms with Crippen LogP contribution in [0.1, 0.15) is 18.2 Å². The van der Waals surface area contributed by atoms with Gasteiger partial charge in [0.1, 0.15) is 5.82 Å². The number of aromatic nitrogens is 6. The summed E-state index contributed by atoms with van der Waals surface area (Å²) in [7, 11) is 0. The normalized spacial score (nSPS) is 11.0. The van der Waals surface area contributed by atoms with Gasteiger partial charge in [-0.25, -0.2) is 4.39 Å². The van der Waals surface area contributed by atoms with E-state index in [9.17, 15) is 4.39 Å². The van der Waals surface area contributed by atoms with Gasteiger partial charge in [0.25, 0.3) is 6.01 Å². The van der Waals surface area contributed by atoms with Crippen molar-refractivity contribution in [1.82, 2.24) is 30.2 Å². The summed E-state index contributed by atoms with van der Waals surface area (Å²) in [4.78, 5) is 4.19. The highest BCUT2D eigenvalue weighted by Crippen LogP contribution is 2.31. The van der Waals surface area contributed by atoms with Gasteiger partial charge in [-0.3, -0.25) is 4.57 Å². The van der Waals surface area contributed by atoms with Crippen LogP contribution < -0.4 is 4.74 Å². The van der Waals surface area contributed by atoms with Crippen LogP contribution in [-0.2, 0) is 6.54 Å². The van der Waals surface area contributed by atoms with Crippen LogP contribution in [0, 0.1) is 12.7 Å². The third-order valence-electron chi connectivity index (χ3n) is 4.61. The van der Waals surface area contributed by atoms with Crippen molar-refractivity contribution in [3.05, 3.63) is 64.7 Å². The summed E-state index contributed by atoms with van der Waals surface area (Å²) in [6, 6.07) is 13.0. The number of tetrazole rings is 1. The molecule has 29 heavy (non-hydrogen) atoms. The van der Waals surface area contributed by atoms with Gasteiger partial charge in [-0.15, -0.1) is 10.2 Å². The standard InChI is InChI=1S/C20H18ClFN6O/c1-3-29-20-23-18(21)12(2)28(20)11-14-9-8-13(10-17(14)22)15-6-4-5-7-16(15)19-24-26-27-25-19/h4-10H,3,11H2,1-2H3,(H,24,25,26,27). The summed E-state index contributed by atoms with van der Waals surface area (Å²) in [6.45, 7) is 4.39. The minimum absolute atomic E-state index is 0.263. The van der Waals surface area contributed by atoms with Gasteiger partial charge in [0.15, 0.2) is 5.15 Å². The van der Waals surface area contributed by atoms with E-state index in [4.69, 9.17) is 16.3 Å². The maximum atomic E-state index is 15.0. The Bertz CT molecular complexity index is 1140. The maximum absolute atomic E-state index is 15.0. The van der Waals surface area contributed by atoms with Crippen molar-refractivity contribution >= 4 is 11.6 Å². The molecule has 4 rings (SSSR count). The molecule has 1 N–H and O–H groups in total. The molecule has 0 bridgehead atoms. The third kappa shape index (κ3) is 3.71. The Kier molecular flexibility index (Phi) is 5.26. The molecule has 0 aliphatic rings. The van der Waals surface area contributed by atoms with Gasteiger partial charge in [0, 0.05) is 11.1 Å². The van der Waals surface area contributed by atoms with Crippen LogP contribution >= 0.6 is 11.6 Å². The van der Waals surface area contributed by atoms with E-state index in [1.807, 2.05) is 44.2 Å². The summed E-state index contributed by atoms with van der Waals surface area (Å²) in [6.07, 6.45) is 0. The third-order valence-corrected chi connectivity index (χ3v) is 4.97. The van der Waals surface area contributed by atoms with E-state index in [-0.39, 0.29) is 12.4 Å². The quantitative estimate of drug-likeness (QED) is 0.511. The largest absolute Gasteiger partial charge is 0.465 e. The summed E-state index contributed by atoms with van der Waals surface area (Å²) < 4.78 is 22.3. The van der Waals surface area contributed by atoms with Crippen LogP contribution in [0.15, 0.2) is 42.5 Å². The van der Waals surface area contributed by atoms with Gasteiger partial charge >= 0.3 is 0 Å². The highest BCUT2D eigenvalue weighted by molar-refractivity contribution is 6.30. The summed E-state index contributed by atoms with van der Waals surface area (Å²) >= 11 is 6.12. The van der Waals surface area contributed by atoms with Gasteiger partial charge in [-0.05, 0) is 36.3 Å². The van der Waals surface area contributed by atoms with E-state index in [2.05, 4.69) is 25.6 Å². The molecule has 2 aromatic carbocycles. The van der Waals surface area contributed by atoms with E-state index < -0.39 is 0 Å². The molecule has 0 amide bonds. The molecule has 0 radical (unpaired) electrons. The Morgan fingerprint density at radius 3 is 2.66 bits per heavy atom. The number of hydrogen-bond donors (Lipinski definition) is 1. The lowest BCUT2D eigenvalue weighted by atomic mass is 9.98. The second-order valence-corrected chi connectivity index (χ2v) is 6.73. The Balaban J connectivity index is 1.69. The minimum Gasteiger partial charge on any atom is -0.465 e. The molecule has 0 atom stereocenters. The number of ether oxygens (including phenoxy) is 1. The fraction of sp³-hybridized carbons (Fsp3) is 0.200. The Morgan fingerprint density at radius 2 is 1.97 bits per heavy atom. The molecule has 0 aliphatic carbocycles. The Morgan fingerprint density at radius 1 is 1.17 bits per heavy atom. The lowest BCUT2D eigenvalue weighted by molar-refractivity contribution is 0.298. The first-order chi connectivity index (χ1) is 14.1. The molecule has 0 spiro atoms. The van der Waals surface area contributed by atoms with Crippen molar-refractivity contribution in [3.8, 4) is 28.5 Å². The van der Waals surface area contributed by atoms with E-state index in [0.717, 1.165) is 22.4 Å². The molecule has 2 aromatic heterocycles. The van der Waals surface area contributed by atoms with Crippen molar-refractivity contribution in [1.29, 1.82) is 0 Å². The molecule has 7 nitrogen and oxygen atoms in total. The second-order valence-electron chi connectivity index (χ2n) is 6.38. The van der Waals surface area contributed by atoms with Crippen LogP contribution in [0.25, 0.3) is 22.5 Å². The van der Waals surface area contributed by atoms with Gasteiger partial charge < -0.3 is 4.74 Å². The lowest BCUT2D eigenvalue weighted by Crippen LogP contribution is -2.08. The number of imidazole rings is 1. The van der Waals surface area contributed by atoms with E-state index >= 15 is 0 Å². The molecule has 9 heteroatoms. The van der Waals surface area contributed by atoms with Crippen molar-refractivity contribution in [2.24, 2.45) is 0 Å². The molecular weight excluding hydrogens is 395 g/mol. The van der Waals surface area contributed by atoms with E-state index in [1.165, 1.54) is 6.07 Å². The summed E-state index contributed by atoms with van der Waals surface area (Å²) in [5.41, 5.74) is 3.53. The topological polar surface area (TPSA) is 81.5 Å². The number of hydrogen-bond acceptors (Lipinski definition) is 5. The zero-order chi connectivity index (χ0) is 20.4. The fourth-order valence-electron chi connectivity index (χ4n) is 3.12. The van der Waals surface area contributed by atoms with E-state index in [1.54, 1.807) is 10.6 Å². The average Bonchev–Trinajstić information content (AvgIpc) is 3.34. The Labute approximate surface area is 171 Å². The molecule has 2 heterocycles. The van der Waals surface area contributed by atoms with Crippen LogP contribution in [0.3, 0.4) is 0 Å². The van der Waals surface area contributed by atoms with Crippen molar-refractivity contribution in [2.75, 3.05) is 6.61 Å². The predicted molar refractivity (Wildman–Crippen MR) is 107 cm³/mol. The number of aromatic amines is 1. The first-order valence-corrected chi connectivity index (χ1v) is 9.43. The molecular formula is C20H18ClFN6O. The SMILES string of the molecule is CCOc1nc(Cl)c(C)n1Cc1ccc(-c2ccccc2-c2nn[nH]n2)cc1F. The van der Waals surface area contributed by atoms with Crippen LogP contribution in [0.4, 0.5) is 4.39 Å². The zero-order valence-electron chi connectivity index (χ0n) is 15.9. The summed E-state index contributed by atoms with van der Waals surface area (Å²) in [5.74, 6) is 0.118. The molecule has 0 unspecified atom stereocenters. The van der Waals surface area contributed by atoms with Crippen molar-refractivity contribution in [3.63, 3.8) is 0 Å². The molecule has 0 saturated heterocycles. The van der Waals surface area contributed by atoms with Gasteiger partial charge in [-0.2, -0.15) is 10.2 Å². The number of nitrogens with one attached hydrogen (secondary N) is 1. The van der Waals surface area contributed by atoms with Crippen molar-refractivity contribution in [2.45, 2.75) is 20.4 Å². The number of nitrogens with zero attached hydrogens (tertiary/aromatic N) is 5. The number of benzene rings is 2. The fourth-order valence-corrected chi connectivity index (χ4v) is 3.30. The predicted octanol–water partition coefficient (Wildman–Crippen LogP) is 4.28. The lowest BCUT2D eigenvalue weighted by Gasteiger charge is -2.12. The smallest absolute Gasteiger partial charge is 0.298 e. The first-order valence-electron chi connectivity index (χ1n) is 9.05. The first kappa shape index (κ1) is 19.1. The average molecular weight is 413 g/mol. The number of halogens is 2. The highest BCUT2D eigenvalue weighted by atomic mass is 35.5. The van der Waals surface area contributed by atoms with Gasteiger partial charge in [0.05, 0.1) is 18.8 Å². The van der Waals surface area contributed by atoms with Crippen molar-refractivity contribution < 1.29 is 9.13 Å². The van der Waals surface area contributed by atoms with Gasteiger partial charge in [-0.1, -0.05) is 48.0 Å². The second kappa shape index (κ2) is 8.00. The summed E-state index contributed by atoms with van der Waals surface area (Å²) in [5, 5.41) is 14.5. The molecule has 0 saturated carbocycles. The number of H-pyrrole nitrogens is 1. The molecule has 0 fully saturated rings. The Hall–Kier alpha value is -3.26. The molecule has 4 aromatic rings. The zero-order valence-corrected chi connectivity index (χ0v) is 16.6. The van der Waals surface area contributed by atoms with E-state index in [0.29, 0.717) is 29.2 Å². The number of rotatable bonds is 6. The highest BCUT2D eigenvalue weighted by Gasteiger charge is 2.17. The maximum Gasteiger partial charge on any atom is 0.298 e. The molecule has 148 valence electrons. The molecule has 0 aliphatic heterocycles. The van der Waals surface area contributed by atoms with Gasteiger partial charge in [0.2, 0.25) is 5.82 Å². The van der Waals surface area contributed by atoms with Crippen LogP contribution in [-0.4, -0.2) is 36.8 Å². The monoisotopic (exact) mass is 412 g/mol. The van der Waals surface area contributed by atoms with Crippen LogP contribution in [0.5, 0.6) is 6.01 Å².